The number of phenolic OH excluding ortho intramolecular Hbond substituents is 1. The number of anilines is 1. The van der Waals surface area contributed by atoms with E-state index in [1.807, 2.05) is 0 Å². The average Bonchev–Trinajstić information content (AvgIpc) is 2.72. The number of nitrogens with one attached hydrogen (secondary N) is 1. The number of primary amides is 1. The van der Waals surface area contributed by atoms with Crippen LogP contribution in [0.3, 0.4) is 0 Å². The van der Waals surface area contributed by atoms with Crippen molar-refractivity contribution in [1.82, 2.24) is 4.90 Å². The molecule has 1 aromatic rings. The molecular formula is C22H23ClFN3O8. The van der Waals surface area contributed by atoms with Gasteiger partial charge in [-0.15, -0.1) is 12.4 Å². The first-order chi connectivity index (χ1) is 15.9. The molecule has 0 radical (unpaired) electrons. The summed E-state index contributed by atoms with van der Waals surface area (Å²) in [4.78, 5) is 50.9. The van der Waals surface area contributed by atoms with E-state index in [1.54, 1.807) is 0 Å². The molecule has 0 aromatic heterocycles. The van der Waals surface area contributed by atoms with Gasteiger partial charge in [-0.1, -0.05) is 0 Å². The van der Waals surface area contributed by atoms with Crippen molar-refractivity contribution >= 4 is 42.0 Å². The lowest BCUT2D eigenvalue weighted by Gasteiger charge is -2.50. The van der Waals surface area contributed by atoms with Gasteiger partial charge in [0.1, 0.15) is 22.8 Å². The Morgan fingerprint density at radius 3 is 2.46 bits per heavy atom. The lowest BCUT2D eigenvalue weighted by molar-refractivity contribution is -0.148. The van der Waals surface area contributed by atoms with Crippen molar-refractivity contribution in [3.8, 4) is 5.75 Å². The molecule has 2 amide bonds. The summed E-state index contributed by atoms with van der Waals surface area (Å²) in [5.74, 6) is -9.18. The Bertz CT molecular complexity index is 1240. The number of nitrogens with two attached hydrogens (primary N) is 1. The highest BCUT2D eigenvalue weighted by Gasteiger charge is 2.63. The molecule has 3 aliphatic carbocycles. The quantitative estimate of drug-likeness (QED) is 0.187. The lowest BCUT2D eigenvalue weighted by Crippen LogP contribution is -2.63. The maximum atomic E-state index is 14.4. The van der Waals surface area contributed by atoms with Gasteiger partial charge in [-0.3, -0.25) is 24.1 Å². The Morgan fingerprint density at radius 1 is 1.29 bits per heavy atom. The number of likely N-dealkylation sites (N-methyl/N-ethyl adjacent to an activating group) is 1. The smallest absolute Gasteiger partial charge is 0.255 e. The molecule has 0 aliphatic heterocycles. The highest BCUT2D eigenvalue weighted by molar-refractivity contribution is 6.24. The van der Waals surface area contributed by atoms with E-state index >= 15 is 0 Å². The minimum Gasteiger partial charge on any atom is -0.510 e. The molecule has 4 atom stereocenters. The van der Waals surface area contributed by atoms with Crippen LogP contribution in [0.1, 0.15) is 22.3 Å². The van der Waals surface area contributed by atoms with E-state index in [1.165, 1.54) is 19.0 Å². The van der Waals surface area contributed by atoms with Crippen molar-refractivity contribution in [1.29, 1.82) is 0 Å². The Hall–Kier alpha value is -3.48. The molecule has 35 heavy (non-hydrogen) atoms. The lowest BCUT2D eigenvalue weighted by atomic mass is 9.58. The summed E-state index contributed by atoms with van der Waals surface area (Å²) in [5, 5.41) is 45.7. The number of aliphatic hydroxyl groups is 3. The first-order valence-corrected chi connectivity index (χ1v) is 10.3. The van der Waals surface area contributed by atoms with Crippen molar-refractivity contribution in [2.75, 3.05) is 19.4 Å². The number of ketones is 2. The number of hydrogen-bond donors (Lipinski definition) is 6. The number of aliphatic hydroxyl groups excluding tert-OH is 2. The average molecular weight is 512 g/mol. The third-order valence-electron chi connectivity index (χ3n) is 6.88. The van der Waals surface area contributed by atoms with E-state index < -0.39 is 75.2 Å². The molecule has 7 N–H and O–H groups in total. The van der Waals surface area contributed by atoms with Crippen LogP contribution in [0, 0.1) is 17.7 Å². The number of aromatic hydroxyl groups is 1. The van der Waals surface area contributed by atoms with Crippen molar-refractivity contribution < 1.29 is 44.0 Å². The zero-order chi connectivity index (χ0) is 25.3. The van der Waals surface area contributed by atoms with Gasteiger partial charge in [0, 0.05) is 17.6 Å². The van der Waals surface area contributed by atoms with Gasteiger partial charge in [-0.25, -0.2) is 4.39 Å². The molecule has 0 heterocycles. The largest absolute Gasteiger partial charge is 0.510 e. The second-order valence-corrected chi connectivity index (χ2v) is 8.83. The Kier molecular flexibility index (Phi) is 6.44. The van der Waals surface area contributed by atoms with Gasteiger partial charge in [-0.05, 0) is 38.4 Å². The molecule has 0 bridgehead atoms. The number of Topliss-reactive ketones (excluding diaryl/α,β-unsaturated/α-hetero) is 2. The van der Waals surface area contributed by atoms with Crippen molar-refractivity contribution in [2.45, 2.75) is 24.5 Å². The number of fused-ring (bicyclic) bond motifs is 3. The Balaban J connectivity index is 0.00000342. The van der Waals surface area contributed by atoms with E-state index in [4.69, 9.17) is 5.73 Å². The zero-order valence-electron chi connectivity index (χ0n) is 18.5. The third kappa shape index (κ3) is 3.39. The normalized spacial score (nSPS) is 27.6. The molecule has 11 nitrogen and oxygen atoms in total. The van der Waals surface area contributed by atoms with Crippen molar-refractivity contribution in [3.63, 3.8) is 0 Å². The van der Waals surface area contributed by atoms with Crippen LogP contribution in [-0.2, 0) is 20.8 Å². The topological polar surface area (TPSA) is 190 Å². The number of phenols is 1. The second-order valence-electron chi connectivity index (χ2n) is 8.83. The summed E-state index contributed by atoms with van der Waals surface area (Å²) >= 11 is 0. The second kappa shape index (κ2) is 8.63. The molecule has 2 unspecified atom stereocenters. The number of allylic oxidation sites excluding steroid dienone is 1. The van der Waals surface area contributed by atoms with Gasteiger partial charge in [0.15, 0.2) is 17.2 Å². The van der Waals surface area contributed by atoms with Gasteiger partial charge in [0.2, 0.25) is 12.2 Å². The van der Waals surface area contributed by atoms with Gasteiger partial charge < -0.3 is 31.5 Å². The van der Waals surface area contributed by atoms with Crippen LogP contribution in [0.2, 0.25) is 0 Å². The van der Waals surface area contributed by atoms with Gasteiger partial charge in [0.05, 0.1) is 17.3 Å². The molecular weight excluding hydrogens is 489 g/mol. The molecule has 0 saturated heterocycles. The summed E-state index contributed by atoms with van der Waals surface area (Å²) in [6.45, 7) is 0. The summed E-state index contributed by atoms with van der Waals surface area (Å²) in [5.41, 5.74) is 0.491. The van der Waals surface area contributed by atoms with Crippen LogP contribution in [0.15, 0.2) is 28.7 Å². The number of nitrogens with zero attached hydrogens (tertiary/aromatic N) is 1. The fourth-order valence-electron chi connectivity index (χ4n) is 5.51. The number of carbonyl (C=O) groups excluding carboxylic acids is 4. The van der Waals surface area contributed by atoms with Crippen LogP contribution in [-0.4, -0.2) is 74.9 Å². The molecule has 13 heteroatoms. The number of amides is 2. The minimum atomic E-state index is -2.76. The molecule has 1 aromatic carbocycles. The minimum absolute atomic E-state index is 0. The Labute approximate surface area is 204 Å². The van der Waals surface area contributed by atoms with Gasteiger partial charge in [-0.2, -0.15) is 0 Å². The molecule has 0 saturated carbocycles. The zero-order valence-corrected chi connectivity index (χ0v) is 19.4. The molecule has 188 valence electrons. The van der Waals surface area contributed by atoms with Gasteiger partial charge >= 0.3 is 0 Å². The van der Waals surface area contributed by atoms with Crippen molar-refractivity contribution in [2.24, 2.45) is 17.6 Å². The number of hydrogen-bond acceptors (Lipinski definition) is 9. The first kappa shape index (κ1) is 26.1. The summed E-state index contributed by atoms with van der Waals surface area (Å²) in [6, 6.07) is -0.514. The highest BCUT2D eigenvalue weighted by atomic mass is 35.5. The van der Waals surface area contributed by atoms with Gasteiger partial charge in [0.25, 0.3) is 5.91 Å². The molecule has 3 aliphatic rings. The van der Waals surface area contributed by atoms with Crippen LogP contribution >= 0.6 is 12.4 Å². The number of rotatable bonds is 4. The van der Waals surface area contributed by atoms with E-state index in [2.05, 4.69) is 5.32 Å². The monoisotopic (exact) mass is 511 g/mol. The van der Waals surface area contributed by atoms with Crippen molar-refractivity contribution in [3.05, 3.63) is 45.7 Å². The highest BCUT2D eigenvalue weighted by Crippen LogP contribution is 2.53. The fraction of sp³-hybridized carbons (Fsp3) is 0.364. The number of benzene rings is 1. The maximum absolute atomic E-state index is 14.4. The van der Waals surface area contributed by atoms with E-state index in [0.29, 0.717) is 6.07 Å². The predicted octanol–water partition coefficient (Wildman–Crippen LogP) is 0.250. The maximum Gasteiger partial charge on any atom is 0.255 e. The molecule has 0 fully saturated rings. The SMILES string of the molecule is CN(C)[C@@H]1C(O)=C(C(N)=O)C(=O)[C@@]2(O)C(O)=C3C(=O)c4c(O)cc(F)c(NC=O)c4CC3CC12.Cl. The van der Waals surface area contributed by atoms with E-state index in [9.17, 15) is 44.0 Å². The summed E-state index contributed by atoms with van der Waals surface area (Å²) in [7, 11) is 3.01. The predicted molar refractivity (Wildman–Crippen MR) is 121 cm³/mol. The summed E-state index contributed by atoms with van der Waals surface area (Å²) in [6.07, 6.45) is -0.0850. The van der Waals surface area contributed by atoms with Crippen LogP contribution in [0.25, 0.3) is 0 Å². The van der Waals surface area contributed by atoms with Crippen LogP contribution in [0.5, 0.6) is 5.75 Å². The third-order valence-corrected chi connectivity index (χ3v) is 6.88. The standard InChI is InChI=1S/C22H22FN3O8.ClH/c1-26(2)16-9-4-7-3-8-13(11(28)5-10(23)15(8)25-6-27)17(29)12(7)19(31)22(9,34)20(32)14(18(16)30)21(24)33;/h5-7,9,16,28,30-31,34H,3-4H2,1-2H3,(H2,24,33)(H,25,27);1H/t7?,9?,16-,22-;/m0./s1. The van der Waals surface area contributed by atoms with Crippen LogP contribution in [0.4, 0.5) is 10.1 Å². The van der Waals surface area contributed by atoms with E-state index in [0.717, 1.165) is 0 Å². The molecule has 4 rings (SSSR count). The summed E-state index contributed by atoms with van der Waals surface area (Å²) < 4.78 is 14.4. The fourth-order valence-corrected chi connectivity index (χ4v) is 5.51. The number of carbonyl (C=O) groups is 4. The molecule has 0 spiro atoms. The first-order valence-electron chi connectivity index (χ1n) is 10.3. The number of halogens is 2. The Morgan fingerprint density at radius 2 is 1.91 bits per heavy atom. The van der Waals surface area contributed by atoms with E-state index in [-0.39, 0.29) is 48.5 Å². The van der Waals surface area contributed by atoms with Crippen LogP contribution < -0.4 is 11.1 Å².